The van der Waals surface area contributed by atoms with Crippen LogP contribution in [0.4, 0.5) is 4.79 Å². The van der Waals surface area contributed by atoms with Crippen LogP contribution in [0.3, 0.4) is 0 Å². The number of hydrogen-bond donors (Lipinski definition) is 2. The average Bonchev–Trinajstić information content (AvgIpc) is 3.04. The highest BCUT2D eigenvalue weighted by molar-refractivity contribution is 5.74. The highest BCUT2D eigenvalue weighted by Gasteiger charge is 2.21. The molecule has 0 heterocycles. The monoisotopic (exact) mass is 316 g/mol. The van der Waals surface area contributed by atoms with Crippen LogP contribution in [0.2, 0.25) is 0 Å². The van der Waals surface area contributed by atoms with Crippen LogP contribution in [-0.2, 0) is 6.42 Å². The number of carbonyl (C=O) groups is 1. The van der Waals surface area contributed by atoms with Crippen molar-refractivity contribution >= 4 is 6.03 Å². The molecule has 0 atom stereocenters. The van der Waals surface area contributed by atoms with E-state index >= 15 is 0 Å². The Morgan fingerprint density at radius 1 is 1.22 bits per heavy atom. The van der Waals surface area contributed by atoms with E-state index in [2.05, 4.69) is 33.0 Å². The third-order valence-electron chi connectivity index (χ3n) is 3.99. The van der Waals surface area contributed by atoms with E-state index in [9.17, 15) is 4.79 Å². The fourth-order valence-corrected chi connectivity index (χ4v) is 2.73. The van der Waals surface area contributed by atoms with E-state index in [0.717, 1.165) is 25.7 Å². The number of nitrogens with zero attached hydrogens (tertiary/aromatic N) is 2. The summed E-state index contributed by atoms with van der Waals surface area (Å²) in [6.45, 7) is 4.39. The van der Waals surface area contributed by atoms with Crippen molar-refractivity contribution in [2.45, 2.75) is 64.1 Å². The smallest absolute Gasteiger partial charge is 0.316 e. The van der Waals surface area contributed by atoms with Gasteiger partial charge in [0.15, 0.2) is 0 Å². The Balaban J connectivity index is 1.64. The van der Waals surface area contributed by atoms with Gasteiger partial charge < -0.3 is 10.6 Å². The second-order valence-corrected chi connectivity index (χ2v) is 6.68. The lowest BCUT2D eigenvalue weighted by molar-refractivity contribution is 0.229. The summed E-state index contributed by atoms with van der Waals surface area (Å²) in [5.41, 5.74) is 0.631. The molecule has 0 radical (unpaired) electrons. The Kier molecular flexibility index (Phi) is 6.56. The lowest BCUT2D eigenvalue weighted by atomic mass is 10.1. The van der Waals surface area contributed by atoms with Gasteiger partial charge in [0.25, 0.3) is 0 Å². The van der Waals surface area contributed by atoms with E-state index < -0.39 is 5.66 Å². The molecule has 2 rings (SSSR count). The predicted molar refractivity (Wildman–Crippen MR) is 92.5 cm³/mol. The van der Waals surface area contributed by atoms with Gasteiger partial charge in [-0.05, 0) is 45.1 Å². The quantitative estimate of drug-likeness (QED) is 0.578. The van der Waals surface area contributed by atoms with Crippen LogP contribution < -0.4 is 10.6 Å². The van der Waals surface area contributed by atoms with Gasteiger partial charge in [-0.15, -0.1) is 0 Å². The van der Waals surface area contributed by atoms with Crippen molar-refractivity contribution in [3.8, 4) is 0 Å². The lowest BCUT2D eigenvalue weighted by Crippen LogP contribution is -2.47. The summed E-state index contributed by atoms with van der Waals surface area (Å²) < 4.78 is 0. The number of rotatable bonds is 7. The molecule has 1 aromatic carbocycles. The van der Waals surface area contributed by atoms with E-state index in [-0.39, 0.29) is 6.03 Å². The Labute approximate surface area is 139 Å². The maximum Gasteiger partial charge on any atom is 0.316 e. The summed E-state index contributed by atoms with van der Waals surface area (Å²) in [5.74, 6) is 0. The second kappa shape index (κ2) is 8.65. The molecular weight excluding hydrogens is 288 g/mol. The summed E-state index contributed by atoms with van der Waals surface area (Å²) in [5, 5.41) is 14.4. The first-order chi connectivity index (χ1) is 11.1. The van der Waals surface area contributed by atoms with Gasteiger partial charge in [-0.3, -0.25) is 0 Å². The normalized spacial score (nSPS) is 15.9. The molecular formula is C18H28N4O. The van der Waals surface area contributed by atoms with Crippen molar-refractivity contribution in [3.05, 3.63) is 35.9 Å². The van der Waals surface area contributed by atoms with E-state index in [0.29, 0.717) is 12.6 Å². The van der Waals surface area contributed by atoms with Crippen molar-refractivity contribution in [2.24, 2.45) is 10.2 Å². The molecule has 0 saturated heterocycles. The first-order valence-corrected chi connectivity index (χ1v) is 8.57. The number of hydrogen-bond acceptors (Lipinski definition) is 3. The van der Waals surface area contributed by atoms with Crippen LogP contribution in [0.15, 0.2) is 40.6 Å². The molecule has 0 aliphatic heterocycles. The molecule has 0 unspecified atom stereocenters. The topological polar surface area (TPSA) is 65.8 Å². The maximum atomic E-state index is 11.9. The molecule has 1 aliphatic carbocycles. The number of carbonyl (C=O) groups excluding carboxylic acids is 1. The van der Waals surface area contributed by atoms with Crippen molar-refractivity contribution in [1.29, 1.82) is 0 Å². The van der Waals surface area contributed by atoms with Gasteiger partial charge in [-0.2, -0.15) is 10.2 Å². The fraction of sp³-hybridized carbons (Fsp3) is 0.611. The number of nitrogens with one attached hydrogen (secondary N) is 2. The van der Waals surface area contributed by atoms with Crippen LogP contribution in [0.25, 0.3) is 0 Å². The minimum absolute atomic E-state index is 0.187. The predicted octanol–water partition coefficient (Wildman–Crippen LogP) is 4.05. The van der Waals surface area contributed by atoms with Gasteiger partial charge in [0.2, 0.25) is 0 Å². The average molecular weight is 316 g/mol. The molecule has 0 aromatic heterocycles. The third-order valence-corrected chi connectivity index (χ3v) is 3.99. The molecule has 2 N–H and O–H groups in total. The summed E-state index contributed by atoms with van der Waals surface area (Å²) in [7, 11) is 0. The van der Waals surface area contributed by atoms with Crippen molar-refractivity contribution in [2.75, 3.05) is 6.54 Å². The van der Waals surface area contributed by atoms with Crippen LogP contribution in [0.5, 0.6) is 0 Å². The summed E-state index contributed by atoms with van der Waals surface area (Å²) in [6, 6.07) is 10.4. The van der Waals surface area contributed by atoms with Gasteiger partial charge in [0, 0.05) is 6.54 Å². The van der Waals surface area contributed by atoms with Crippen LogP contribution in [0.1, 0.15) is 51.5 Å². The van der Waals surface area contributed by atoms with Crippen molar-refractivity contribution in [1.82, 2.24) is 10.6 Å². The number of benzene rings is 1. The number of urea groups is 1. The van der Waals surface area contributed by atoms with Gasteiger partial charge in [0.1, 0.15) is 5.66 Å². The Hall–Kier alpha value is -1.91. The molecule has 1 aromatic rings. The minimum Gasteiger partial charge on any atom is -0.338 e. The molecule has 0 bridgehead atoms. The number of azo groups is 1. The highest BCUT2D eigenvalue weighted by atomic mass is 16.2. The standard InChI is InChI=1S/C18H28N4O/c1-18(2,22-21-16-12-6-7-13-16)20-17(23)19-14-8-11-15-9-4-3-5-10-15/h3-5,9-10,16H,6-8,11-14H2,1-2H3,(H2,19,20,23). The molecule has 1 fully saturated rings. The Morgan fingerprint density at radius 3 is 2.61 bits per heavy atom. The zero-order valence-corrected chi connectivity index (χ0v) is 14.2. The largest absolute Gasteiger partial charge is 0.338 e. The third kappa shape index (κ3) is 6.80. The summed E-state index contributed by atoms with van der Waals surface area (Å²) in [6.07, 6.45) is 6.59. The Morgan fingerprint density at radius 2 is 1.91 bits per heavy atom. The van der Waals surface area contributed by atoms with Crippen LogP contribution in [-0.4, -0.2) is 24.3 Å². The van der Waals surface area contributed by atoms with Crippen molar-refractivity contribution in [3.63, 3.8) is 0 Å². The van der Waals surface area contributed by atoms with E-state index in [4.69, 9.17) is 0 Å². The van der Waals surface area contributed by atoms with Gasteiger partial charge in [0.05, 0.1) is 6.04 Å². The second-order valence-electron chi connectivity index (χ2n) is 6.68. The van der Waals surface area contributed by atoms with Crippen LogP contribution in [0, 0.1) is 0 Å². The fourth-order valence-electron chi connectivity index (χ4n) is 2.73. The maximum absolute atomic E-state index is 11.9. The molecule has 0 spiro atoms. The molecule has 23 heavy (non-hydrogen) atoms. The zero-order valence-electron chi connectivity index (χ0n) is 14.2. The van der Waals surface area contributed by atoms with Crippen LogP contribution >= 0.6 is 0 Å². The zero-order chi connectivity index (χ0) is 16.5. The molecule has 126 valence electrons. The van der Waals surface area contributed by atoms with Gasteiger partial charge in [-0.1, -0.05) is 43.2 Å². The molecule has 2 amide bonds. The molecule has 5 nitrogen and oxygen atoms in total. The van der Waals surface area contributed by atoms with E-state index in [1.54, 1.807) is 0 Å². The van der Waals surface area contributed by atoms with Gasteiger partial charge in [-0.25, -0.2) is 4.79 Å². The van der Waals surface area contributed by atoms with E-state index in [1.807, 2.05) is 32.0 Å². The molecule has 1 saturated carbocycles. The van der Waals surface area contributed by atoms with Gasteiger partial charge >= 0.3 is 6.03 Å². The number of aryl methyl sites for hydroxylation is 1. The highest BCUT2D eigenvalue weighted by Crippen LogP contribution is 2.22. The van der Waals surface area contributed by atoms with Crippen molar-refractivity contribution < 1.29 is 4.79 Å². The number of amides is 2. The first-order valence-electron chi connectivity index (χ1n) is 8.57. The first kappa shape index (κ1) is 17.4. The summed E-state index contributed by atoms with van der Waals surface area (Å²) in [4.78, 5) is 11.9. The SMILES string of the molecule is CC(C)(N=NC1CCCC1)NC(=O)NCCCc1ccccc1. The Bertz CT molecular complexity index is 507. The van der Waals surface area contributed by atoms with E-state index in [1.165, 1.54) is 18.4 Å². The minimum atomic E-state index is -0.661. The molecule has 5 heteroatoms. The lowest BCUT2D eigenvalue weighted by Gasteiger charge is -2.21. The summed E-state index contributed by atoms with van der Waals surface area (Å²) >= 11 is 0. The molecule has 1 aliphatic rings.